The highest BCUT2D eigenvalue weighted by atomic mass is 32.2. The van der Waals surface area contributed by atoms with Gasteiger partial charge in [0.2, 0.25) is 5.82 Å². The van der Waals surface area contributed by atoms with E-state index in [0.29, 0.717) is 12.2 Å². The largest absolute Gasteiger partial charge is 0.456 e. The molecule has 1 aliphatic rings. The first kappa shape index (κ1) is 17.6. The van der Waals surface area contributed by atoms with E-state index in [0.717, 1.165) is 12.0 Å². The Balaban J connectivity index is 1.52. The van der Waals surface area contributed by atoms with E-state index >= 15 is 0 Å². The van der Waals surface area contributed by atoms with Gasteiger partial charge >= 0.3 is 5.97 Å². The van der Waals surface area contributed by atoms with Gasteiger partial charge in [0.15, 0.2) is 16.4 Å². The molecule has 3 rings (SSSR count). The van der Waals surface area contributed by atoms with Gasteiger partial charge in [-0.25, -0.2) is 8.42 Å². The first-order chi connectivity index (χ1) is 11.9. The monoisotopic (exact) mass is 364 g/mol. The van der Waals surface area contributed by atoms with Gasteiger partial charge in [-0.1, -0.05) is 36.3 Å². The lowest BCUT2D eigenvalue weighted by atomic mass is 10.1. The second kappa shape index (κ2) is 7.35. The molecule has 1 saturated heterocycles. The summed E-state index contributed by atoms with van der Waals surface area (Å²) in [5, 5.41) is 3.89. The van der Waals surface area contributed by atoms with Crippen molar-refractivity contribution in [1.82, 2.24) is 10.1 Å². The average molecular weight is 364 g/mol. The molecule has 0 aliphatic carbocycles. The number of aryl methyl sites for hydroxylation is 1. The van der Waals surface area contributed by atoms with E-state index in [1.165, 1.54) is 5.56 Å². The van der Waals surface area contributed by atoms with Gasteiger partial charge in [0.05, 0.1) is 11.5 Å². The van der Waals surface area contributed by atoms with Crippen LogP contribution >= 0.6 is 0 Å². The molecule has 134 valence electrons. The van der Waals surface area contributed by atoms with Crippen LogP contribution in [-0.2, 0) is 32.4 Å². The van der Waals surface area contributed by atoms with E-state index in [1.807, 2.05) is 24.3 Å². The number of benzene rings is 1. The number of aromatic nitrogens is 2. The third-order valence-corrected chi connectivity index (χ3v) is 6.06. The minimum atomic E-state index is -2.99. The van der Waals surface area contributed by atoms with Gasteiger partial charge in [0.1, 0.15) is 0 Å². The Morgan fingerprint density at radius 2 is 2.08 bits per heavy atom. The molecule has 0 N–H and O–H groups in total. The van der Waals surface area contributed by atoms with Crippen molar-refractivity contribution in [3.63, 3.8) is 0 Å². The molecule has 1 aromatic heterocycles. The molecule has 2 aromatic rings. The Morgan fingerprint density at radius 1 is 1.32 bits per heavy atom. The maximum absolute atomic E-state index is 11.8. The molecule has 7 nitrogen and oxygen atoms in total. The average Bonchev–Trinajstić information content (AvgIpc) is 3.19. The third kappa shape index (κ3) is 4.66. The molecular formula is C17H20N2O5S. The van der Waals surface area contributed by atoms with Crippen LogP contribution < -0.4 is 0 Å². The maximum atomic E-state index is 11.8. The molecule has 1 atom stereocenters. The topological polar surface area (TPSA) is 99.4 Å². The Morgan fingerprint density at radius 3 is 2.72 bits per heavy atom. The molecule has 0 unspecified atom stereocenters. The van der Waals surface area contributed by atoms with E-state index in [-0.39, 0.29) is 36.3 Å². The summed E-state index contributed by atoms with van der Waals surface area (Å²) in [7, 11) is -2.99. The van der Waals surface area contributed by atoms with Gasteiger partial charge in [-0.05, 0) is 24.3 Å². The van der Waals surface area contributed by atoms with E-state index in [2.05, 4.69) is 17.1 Å². The Labute approximate surface area is 146 Å². The van der Waals surface area contributed by atoms with Gasteiger partial charge in [0.25, 0.3) is 5.89 Å². The number of nitrogens with zero attached hydrogens (tertiary/aromatic N) is 2. The first-order valence-electron chi connectivity index (χ1n) is 8.23. The minimum absolute atomic E-state index is 0.0561. The van der Waals surface area contributed by atoms with E-state index in [1.54, 1.807) is 0 Å². The van der Waals surface area contributed by atoms with Crippen molar-refractivity contribution in [2.24, 2.45) is 5.92 Å². The third-order valence-electron chi connectivity index (χ3n) is 4.23. The highest BCUT2D eigenvalue weighted by Crippen LogP contribution is 2.22. The molecule has 1 aromatic carbocycles. The van der Waals surface area contributed by atoms with E-state index < -0.39 is 15.8 Å². The Bertz CT molecular complexity index is 842. The van der Waals surface area contributed by atoms with Crippen LogP contribution in [-0.4, -0.2) is 36.0 Å². The van der Waals surface area contributed by atoms with Crippen LogP contribution in [0.3, 0.4) is 0 Å². The van der Waals surface area contributed by atoms with Crippen LogP contribution in [0.15, 0.2) is 28.8 Å². The van der Waals surface area contributed by atoms with Crippen molar-refractivity contribution in [3.05, 3.63) is 35.7 Å². The quantitative estimate of drug-likeness (QED) is 0.724. The van der Waals surface area contributed by atoms with Gasteiger partial charge in [-0.3, -0.25) is 4.79 Å². The SMILES string of the molecule is CCc1ccc(-c2noc(COC(=O)C[C@H]3CCS(=O)(=O)C3)n2)cc1. The van der Waals surface area contributed by atoms with Crippen LogP contribution in [0.5, 0.6) is 0 Å². The number of esters is 1. The van der Waals surface area contributed by atoms with E-state index in [9.17, 15) is 13.2 Å². The molecule has 0 radical (unpaired) electrons. The van der Waals surface area contributed by atoms with Gasteiger partial charge in [0, 0.05) is 12.0 Å². The Hall–Kier alpha value is -2.22. The van der Waals surface area contributed by atoms with Crippen molar-refractivity contribution in [1.29, 1.82) is 0 Å². The fourth-order valence-electron chi connectivity index (χ4n) is 2.79. The number of carbonyl (C=O) groups is 1. The maximum Gasteiger partial charge on any atom is 0.306 e. The normalized spacial score (nSPS) is 19.0. The van der Waals surface area contributed by atoms with Crippen LogP contribution in [0.25, 0.3) is 11.4 Å². The summed E-state index contributed by atoms with van der Waals surface area (Å²) in [6.45, 7) is 1.97. The molecular weight excluding hydrogens is 344 g/mol. The fraction of sp³-hybridized carbons (Fsp3) is 0.471. The standard InChI is InChI=1S/C17H20N2O5S/c1-2-12-3-5-14(6-4-12)17-18-15(24-19-17)10-23-16(20)9-13-7-8-25(21,22)11-13/h3-6,13H,2,7-11H2,1H3/t13-/m1/s1. The highest BCUT2D eigenvalue weighted by Gasteiger charge is 2.30. The highest BCUT2D eigenvalue weighted by molar-refractivity contribution is 7.91. The predicted octanol–water partition coefficient (Wildman–Crippen LogP) is 2.17. The predicted molar refractivity (Wildman–Crippen MR) is 90.3 cm³/mol. The van der Waals surface area contributed by atoms with Crippen molar-refractivity contribution in [3.8, 4) is 11.4 Å². The van der Waals surface area contributed by atoms with Crippen molar-refractivity contribution in [2.75, 3.05) is 11.5 Å². The second-order valence-electron chi connectivity index (χ2n) is 6.20. The summed E-state index contributed by atoms with van der Waals surface area (Å²) in [5.41, 5.74) is 2.05. The number of hydrogen-bond acceptors (Lipinski definition) is 7. The zero-order chi connectivity index (χ0) is 17.9. The number of hydrogen-bond donors (Lipinski definition) is 0. The van der Waals surface area contributed by atoms with Crippen LogP contribution in [0.1, 0.15) is 31.2 Å². The summed E-state index contributed by atoms with van der Waals surface area (Å²) in [6.07, 6.45) is 1.56. The summed E-state index contributed by atoms with van der Waals surface area (Å²) in [5.74, 6) is 0.245. The molecule has 0 amide bonds. The van der Waals surface area contributed by atoms with Gasteiger partial charge in [-0.2, -0.15) is 4.98 Å². The van der Waals surface area contributed by atoms with Crippen LogP contribution in [0, 0.1) is 5.92 Å². The van der Waals surface area contributed by atoms with Crippen molar-refractivity contribution < 1.29 is 22.5 Å². The van der Waals surface area contributed by atoms with E-state index in [4.69, 9.17) is 9.26 Å². The van der Waals surface area contributed by atoms with Crippen molar-refractivity contribution in [2.45, 2.75) is 32.8 Å². The number of ether oxygens (including phenoxy) is 1. The molecule has 0 bridgehead atoms. The number of rotatable bonds is 6. The summed E-state index contributed by atoms with van der Waals surface area (Å²) >= 11 is 0. The smallest absolute Gasteiger partial charge is 0.306 e. The van der Waals surface area contributed by atoms with Crippen LogP contribution in [0.2, 0.25) is 0 Å². The first-order valence-corrected chi connectivity index (χ1v) is 10.1. The number of carbonyl (C=O) groups excluding carboxylic acids is 1. The molecule has 1 aliphatic heterocycles. The summed E-state index contributed by atoms with van der Waals surface area (Å²) < 4.78 is 33.0. The fourth-order valence-corrected chi connectivity index (χ4v) is 4.65. The zero-order valence-corrected chi connectivity index (χ0v) is 14.8. The van der Waals surface area contributed by atoms with Gasteiger partial charge < -0.3 is 9.26 Å². The lowest BCUT2D eigenvalue weighted by molar-refractivity contribution is -0.146. The Kier molecular flexibility index (Phi) is 5.17. The molecule has 0 saturated carbocycles. The molecule has 25 heavy (non-hydrogen) atoms. The minimum Gasteiger partial charge on any atom is -0.456 e. The second-order valence-corrected chi connectivity index (χ2v) is 8.42. The number of sulfone groups is 1. The van der Waals surface area contributed by atoms with Crippen molar-refractivity contribution >= 4 is 15.8 Å². The summed E-state index contributed by atoms with van der Waals surface area (Å²) in [6, 6.07) is 7.84. The van der Waals surface area contributed by atoms with Crippen LogP contribution in [0.4, 0.5) is 0 Å². The molecule has 1 fully saturated rings. The molecule has 8 heteroatoms. The van der Waals surface area contributed by atoms with Gasteiger partial charge in [-0.15, -0.1) is 0 Å². The summed E-state index contributed by atoms with van der Waals surface area (Å²) in [4.78, 5) is 16.0. The lowest BCUT2D eigenvalue weighted by Gasteiger charge is -2.06. The zero-order valence-electron chi connectivity index (χ0n) is 14.0. The molecule has 2 heterocycles. The lowest BCUT2D eigenvalue weighted by Crippen LogP contribution is -2.13. The molecule has 0 spiro atoms.